The van der Waals surface area contributed by atoms with Crippen LogP contribution in [0.1, 0.15) is 36.5 Å². The smallest absolute Gasteiger partial charge is 0.259 e. The molecule has 2 aromatic heterocycles. The van der Waals surface area contributed by atoms with Gasteiger partial charge >= 0.3 is 0 Å². The molecule has 2 aromatic rings. The molecule has 1 saturated heterocycles. The Morgan fingerprint density at radius 2 is 2.00 bits per heavy atom. The molecule has 25 heavy (non-hydrogen) atoms. The number of nitrogens with one attached hydrogen (secondary N) is 1. The molecular formula is C18H25N3O2S2. The van der Waals surface area contributed by atoms with Crippen molar-refractivity contribution in [2.24, 2.45) is 11.8 Å². The van der Waals surface area contributed by atoms with E-state index in [1.165, 1.54) is 18.2 Å². The molecule has 0 spiro atoms. The van der Waals surface area contributed by atoms with Crippen LogP contribution in [0.3, 0.4) is 0 Å². The highest BCUT2D eigenvalue weighted by molar-refractivity contribution is 7.99. The van der Waals surface area contributed by atoms with E-state index in [1.54, 1.807) is 11.3 Å². The van der Waals surface area contributed by atoms with Gasteiger partial charge in [0.1, 0.15) is 10.7 Å². The molecule has 1 amide bonds. The molecule has 1 fully saturated rings. The van der Waals surface area contributed by atoms with Gasteiger partial charge in [0.05, 0.1) is 16.9 Å². The lowest BCUT2D eigenvalue weighted by Gasteiger charge is -2.35. The quantitative estimate of drug-likeness (QED) is 0.885. The Bertz CT molecular complexity index is 833. The number of rotatable bonds is 4. The van der Waals surface area contributed by atoms with Crippen LogP contribution in [0.2, 0.25) is 0 Å². The zero-order valence-electron chi connectivity index (χ0n) is 15.2. The zero-order chi connectivity index (χ0) is 18.1. The third kappa shape index (κ3) is 4.08. The van der Waals surface area contributed by atoms with E-state index in [9.17, 15) is 9.59 Å². The predicted octanol–water partition coefficient (Wildman–Crippen LogP) is 3.34. The van der Waals surface area contributed by atoms with Gasteiger partial charge in [0, 0.05) is 18.0 Å². The minimum absolute atomic E-state index is 0.0764. The molecule has 3 rings (SSSR count). The first-order valence-corrected chi connectivity index (χ1v) is 10.7. The highest BCUT2D eigenvalue weighted by atomic mass is 32.2. The van der Waals surface area contributed by atoms with Gasteiger partial charge in [-0.2, -0.15) is 0 Å². The average Bonchev–Trinajstić information content (AvgIpc) is 2.81. The monoisotopic (exact) mass is 379 g/mol. The van der Waals surface area contributed by atoms with Crippen molar-refractivity contribution in [2.75, 3.05) is 18.8 Å². The van der Waals surface area contributed by atoms with Gasteiger partial charge in [-0.25, -0.2) is 4.98 Å². The Morgan fingerprint density at radius 1 is 1.32 bits per heavy atom. The Kier molecular flexibility index (Phi) is 5.53. The molecule has 1 N–H and O–H groups in total. The maximum Gasteiger partial charge on any atom is 0.259 e. The van der Waals surface area contributed by atoms with Crippen molar-refractivity contribution in [1.82, 2.24) is 14.9 Å². The van der Waals surface area contributed by atoms with Crippen LogP contribution in [0.4, 0.5) is 0 Å². The fourth-order valence-corrected chi connectivity index (χ4v) is 5.40. The number of hydrogen-bond acceptors (Lipinski definition) is 5. The van der Waals surface area contributed by atoms with Crippen molar-refractivity contribution in [2.45, 2.75) is 39.9 Å². The molecule has 1 aliphatic rings. The summed E-state index contributed by atoms with van der Waals surface area (Å²) >= 11 is 3.07. The third-order valence-corrected chi connectivity index (χ3v) is 6.80. The van der Waals surface area contributed by atoms with E-state index in [4.69, 9.17) is 0 Å². The van der Waals surface area contributed by atoms with Gasteiger partial charge in [-0.05, 0) is 37.7 Å². The summed E-state index contributed by atoms with van der Waals surface area (Å²) in [5.74, 6) is 2.97. The minimum Gasteiger partial charge on any atom is -0.341 e. The molecule has 5 nitrogen and oxygen atoms in total. The molecular weight excluding hydrogens is 354 g/mol. The molecule has 136 valence electrons. The number of fused-ring (bicyclic) bond motifs is 1. The second-order valence-corrected chi connectivity index (χ2v) is 9.40. The van der Waals surface area contributed by atoms with Crippen molar-refractivity contribution in [1.29, 1.82) is 0 Å². The number of carbonyl (C=O) groups is 1. The fraction of sp³-hybridized carbons (Fsp3) is 0.611. The number of nitrogens with zero attached hydrogens (tertiary/aromatic N) is 2. The van der Waals surface area contributed by atoms with Crippen molar-refractivity contribution in [3.8, 4) is 0 Å². The average molecular weight is 380 g/mol. The fourth-order valence-electron chi connectivity index (χ4n) is 3.56. The zero-order valence-corrected chi connectivity index (χ0v) is 16.9. The van der Waals surface area contributed by atoms with Crippen molar-refractivity contribution >= 4 is 39.2 Å². The van der Waals surface area contributed by atoms with Gasteiger partial charge in [0.2, 0.25) is 5.91 Å². The van der Waals surface area contributed by atoms with Crippen LogP contribution in [-0.2, 0) is 10.5 Å². The number of hydrogen-bond donors (Lipinski definition) is 1. The normalized spacial score (nSPS) is 21.0. The van der Waals surface area contributed by atoms with E-state index < -0.39 is 0 Å². The Morgan fingerprint density at radius 3 is 2.68 bits per heavy atom. The van der Waals surface area contributed by atoms with Crippen LogP contribution in [0.5, 0.6) is 0 Å². The van der Waals surface area contributed by atoms with Crippen LogP contribution in [0.15, 0.2) is 4.79 Å². The number of thioether (sulfide) groups is 1. The molecule has 0 bridgehead atoms. The molecule has 0 aliphatic carbocycles. The number of aromatic nitrogens is 2. The van der Waals surface area contributed by atoms with Crippen molar-refractivity contribution in [3.05, 3.63) is 26.6 Å². The standard InChI is InChI=1S/C18H25N3O2S2/c1-10-5-11(2)7-21(6-10)15(22)9-24-8-14-19-17(23)16-12(3)13(4)25-18(16)20-14/h10-11H,5-9H2,1-4H3,(H,19,20,23)/t10-,11+. The van der Waals surface area contributed by atoms with E-state index in [-0.39, 0.29) is 11.5 Å². The number of thiophene rings is 1. The number of aryl methyl sites for hydroxylation is 2. The topological polar surface area (TPSA) is 66.1 Å². The van der Waals surface area contributed by atoms with Gasteiger partial charge < -0.3 is 9.88 Å². The maximum absolute atomic E-state index is 12.4. The summed E-state index contributed by atoms with van der Waals surface area (Å²) in [5.41, 5.74) is 0.934. The molecule has 2 atom stereocenters. The molecule has 0 aromatic carbocycles. The first-order valence-electron chi connectivity index (χ1n) is 8.69. The maximum atomic E-state index is 12.4. The number of likely N-dealkylation sites (tertiary alicyclic amines) is 1. The summed E-state index contributed by atoms with van der Waals surface area (Å²) in [6.07, 6.45) is 1.20. The number of amides is 1. The Labute approximate surface area is 156 Å². The van der Waals surface area contributed by atoms with E-state index in [0.717, 1.165) is 28.4 Å². The van der Waals surface area contributed by atoms with Gasteiger partial charge in [0.15, 0.2) is 0 Å². The molecule has 3 heterocycles. The number of carbonyl (C=O) groups excluding carboxylic acids is 1. The number of H-pyrrole nitrogens is 1. The lowest BCUT2D eigenvalue weighted by molar-refractivity contribution is -0.130. The van der Waals surface area contributed by atoms with Crippen LogP contribution in [-0.4, -0.2) is 39.6 Å². The summed E-state index contributed by atoms with van der Waals surface area (Å²) < 4.78 is 0. The van der Waals surface area contributed by atoms with Crippen LogP contribution in [0, 0.1) is 25.7 Å². The minimum atomic E-state index is -0.0764. The van der Waals surface area contributed by atoms with E-state index in [2.05, 4.69) is 23.8 Å². The lowest BCUT2D eigenvalue weighted by atomic mass is 9.92. The van der Waals surface area contributed by atoms with Crippen LogP contribution < -0.4 is 5.56 Å². The van der Waals surface area contributed by atoms with Gasteiger partial charge in [-0.1, -0.05) is 13.8 Å². The second-order valence-electron chi connectivity index (χ2n) is 7.21. The van der Waals surface area contributed by atoms with Gasteiger partial charge in [0.25, 0.3) is 5.56 Å². The molecule has 0 saturated carbocycles. The summed E-state index contributed by atoms with van der Waals surface area (Å²) in [6, 6.07) is 0. The van der Waals surface area contributed by atoms with E-state index in [1.807, 2.05) is 18.7 Å². The summed E-state index contributed by atoms with van der Waals surface area (Å²) in [4.78, 5) is 36.0. The Hall–Kier alpha value is -1.34. The van der Waals surface area contributed by atoms with Crippen LogP contribution >= 0.6 is 23.1 Å². The first kappa shape index (κ1) is 18.5. The Balaban J connectivity index is 1.61. The van der Waals surface area contributed by atoms with Gasteiger partial charge in [-0.15, -0.1) is 23.1 Å². The highest BCUT2D eigenvalue weighted by Gasteiger charge is 2.25. The summed E-state index contributed by atoms with van der Waals surface area (Å²) in [6.45, 7) is 10.1. The first-order chi connectivity index (χ1) is 11.8. The van der Waals surface area contributed by atoms with E-state index >= 15 is 0 Å². The molecule has 0 radical (unpaired) electrons. The SMILES string of the molecule is Cc1sc2nc(CSCC(=O)N3C[C@H](C)C[C@H](C)C3)[nH]c(=O)c2c1C. The molecule has 7 heteroatoms. The second kappa shape index (κ2) is 7.50. The van der Waals surface area contributed by atoms with Crippen molar-refractivity contribution in [3.63, 3.8) is 0 Å². The van der Waals surface area contributed by atoms with E-state index in [0.29, 0.717) is 34.6 Å². The number of aromatic amines is 1. The molecule has 0 unspecified atom stereocenters. The largest absolute Gasteiger partial charge is 0.341 e. The van der Waals surface area contributed by atoms with Crippen LogP contribution in [0.25, 0.3) is 10.2 Å². The highest BCUT2D eigenvalue weighted by Crippen LogP contribution is 2.26. The number of piperidine rings is 1. The summed E-state index contributed by atoms with van der Waals surface area (Å²) in [7, 11) is 0. The summed E-state index contributed by atoms with van der Waals surface area (Å²) in [5, 5.41) is 0.698. The lowest BCUT2D eigenvalue weighted by Crippen LogP contribution is -2.43. The third-order valence-electron chi connectivity index (χ3n) is 4.77. The predicted molar refractivity (Wildman–Crippen MR) is 105 cm³/mol. The van der Waals surface area contributed by atoms with Gasteiger partial charge in [-0.3, -0.25) is 9.59 Å². The molecule has 1 aliphatic heterocycles. The van der Waals surface area contributed by atoms with Crippen molar-refractivity contribution < 1.29 is 4.79 Å².